The Morgan fingerprint density at radius 2 is 1.90 bits per heavy atom. The first-order chi connectivity index (χ1) is 13.7. The molecule has 0 aromatic heterocycles. The van der Waals surface area contributed by atoms with Gasteiger partial charge >= 0.3 is 0 Å². The van der Waals surface area contributed by atoms with Gasteiger partial charge in [-0.05, 0) is 37.5 Å². The molecule has 1 aromatic rings. The third kappa shape index (κ3) is 4.92. The monoisotopic (exact) mass is 429 g/mol. The number of rotatable bonds is 2. The summed E-state index contributed by atoms with van der Waals surface area (Å²) in [6.07, 6.45) is 3.44. The summed E-state index contributed by atoms with van der Waals surface area (Å²) in [4.78, 5) is 26.7. The van der Waals surface area contributed by atoms with Crippen LogP contribution in [0.2, 0.25) is 0 Å². The van der Waals surface area contributed by atoms with Crippen LogP contribution in [0.1, 0.15) is 36.0 Å². The standard InChI is InChI=1S/C19H25F2N3O4S/c1-29(27,28)24-10-3-9-23(19(26)15-12-13(20)6-7-16(15)21)11-8-22-18(25)14-4-2-5-17(14)24/h6-7,12,14,17H,2-5,8-11H2,1H3,(H,22,25). The van der Waals surface area contributed by atoms with Crippen molar-refractivity contribution in [1.82, 2.24) is 14.5 Å². The molecule has 1 aliphatic carbocycles. The van der Waals surface area contributed by atoms with Gasteiger partial charge in [-0.3, -0.25) is 9.59 Å². The van der Waals surface area contributed by atoms with E-state index in [4.69, 9.17) is 0 Å². The SMILES string of the molecule is CS(=O)(=O)N1CCCN(C(=O)c2cc(F)ccc2F)CCNC(=O)C2CCCC21. The molecule has 1 saturated carbocycles. The summed E-state index contributed by atoms with van der Waals surface area (Å²) in [6.45, 7) is 0.594. The van der Waals surface area contributed by atoms with Gasteiger partial charge < -0.3 is 10.2 Å². The Hall–Kier alpha value is -2.07. The molecule has 2 atom stereocenters. The van der Waals surface area contributed by atoms with Crippen LogP contribution in [0.5, 0.6) is 0 Å². The summed E-state index contributed by atoms with van der Waals surface area (Å²) in [6, 6.07) is 2.27. The molecule has 2 fully saturated rings. The van der Waals surface area contributed by atoms with Gasteiger partial charge in [0.05, 0.1) is 17.7 Å². The molecule has 0 bridgehead atoms. The van der Waals surface area contributed by atoms with Crippen LogP contribution in [0.4, 0.5) is 8.78 Å². The number of hydrogen-bond donors (Lipinski definition) is 1. The maximum atomic E-state index is 14.0. The van der Waals surface area contributed by atoms with Crippen molar-refractivity contribution in [3.05, 3.63) is 35.4 Å². The summed E-state index contributed by atoms with van der Waals surface area (Å²) >= 11 is 0. The Kier molecular flexibility index (Phi) is 6.52. The van der Waals surface area contributed by atoms with Crippen LogP contribution < -0.4 is 5.32 Å². The van der Waals surface area contributed by atoms with E-state index in [1.54, 1.807) is 0 Å². The highest BCUT2D eigenvalue weighted by Crippen LogP contribution is 2.32. The lowest BCUT2D eigenvalue weighted by atomic mass is 10.0. The highest BCUT2D eigenvalue weighted by atomic mass is 32.2. The number of carbonyl (C=O) groups excluding carboxylic acids is 2. The van der Waals surface area contributed by atoms with Crippen molar-refractivity contribution in [3.8, 4) is 0 Å². The van der Waals surface area contributed by atoms with Gasteiger partial charge in [-0.15, -0.1) is 0 Å². The molecule has 29 heavy (non-hydrogen) atoms. The van der Waals surface area contributed by atoms with Crippen molar-refractivity contribution >= 4 is 21.8 Å². The van der Waals surface area contributed by atoms with Crippen LogP contribution >= 0.6 is 0 Å². The molecule has 3 rings (SSSR count). The number of halogens is 2. The fraction of sp³-hybridized carbons (Fsp3) is 0.579. The number of nitrogens with zero attached hydrogens (tertiary/aromatic N) is 2. The average molecular weight is 429 g/mol. The molecule has 2 amide bonds. The lowest BCUT2D eigenvalue weighted by Crippen LogP contribution is -2.47. The van der Waals surface area contributed by atoms with E-state index in [1.807, 2.05) is 0 Å². The first kappa shape index (κ1) is 21.6. The molecule has 1 aromatic carbocycles. The summed E-state index contributed by atoms with van der Waals surface area (Å²) in [7, 11) is -3.54. The van der Waals surface area contributed by atoms with Crippen LogP contribution in [0.3, 0.4) is 0 Å². The Labute approximate surface area is 169 Å². The van der Waals surface area contributed by atoms with E-state index in [0.717, 1.165) is 30.9 Å². The maximum absolute atomic E-state index is 14.0. The zero-order chi connectivity index (χ0) is 21.2. The van der Waals surface area contributed by atoms with E-state index >= 15 is 0 Å². The molecular formula is C19H25F2N3O4S. The van der Waals surface area contributed by atoms with Gasteiger partial charge in [-0.25, -0.2) is 17.2 Å². The van der Waals surface area contributed by atoms with Gasteiger partial charge in [0.2, 0.25) is 15.9 Å². The lowest BCUT2D eigenvalue weighted by Gasteiger charge is -2.30. The highest BCUT2D eigenvalue weighted by molar-refractivity contribution is 7.88. The van der Waals surface area contributed by atoms with Crippen molar-refractivity contribution in [1.29, 1.82) is 0 Å². The number of benzene rings is 1. The van der Waals surface area contributed by atoms with Crippen LogP contribution in [-0.2, 0) is 14.8 Å². The van der Waals surface area contributed by atoms with E-state index in [2.05, 4.69) is 5.32 Å². The quantitative estimate of drug-likeness (QED) is 0.769. The van der Waals surface area contributed by atoms with E-state index in [0.29, 0.717) is 19.3 Å². The zero-order valence-corrected chi connectivity index (χ0v) is 17.1. The minimum Gasteiger partial charge on any atom is -0.354 e. The van der Waals surface area contributed by atoms with Gasteiger partial charge in [0.1, 0.15) is 11.6 Å². The Balaban J connectivity index is 1.83. The van der Waals surface area contributed by atoms with Crippen LogP contribution in [0.15, 0.2) is 18.2 Å². The van der Waals surface area contributed by atoms with E-state index < -0.39 is 39.5 Å². The van der Waals surface area contributed by atoms with Crippen molar-refractivity contribution in [2.45, 2.75) is 31.7 Å². The topological polar surface area (TPSA) is 86.8 Å². The van der Waals surface area contributed by atoms with E-state index in [9.17, 15) is 26.8 Å². The number of nitrogens with one attached hydrogen (secondary N) is 1. The van der Waals surface area contributed by atoms with Crippen LogP contribution in [-0.4, -0.2) is 67.9 Å². The summed E-state index contributed by atoms with van der Waals surface area (Å²) in [5.41, 5.74) is -0.386. The van der Waals surface area contributed by atoms with E-state index in [-0.39, 0.29) is 37.6 Å². The predicted octanol–water partition coefficient (Wildman–Crippen LogP) is 1.36. The Morgan fingerprint density at radius 1 is 1.14 bits per heavy atom. The van der Waals surface area contributed by atoms with Crippen LogP contribution in [0.25, 0.3) is 0 Å². The zero-order valence-electron chi connectivity index (χ0n) is 16.2. The van der Waals surface area contributed by atoms with Gasteiger partial charge in [0.25, 0.3) is 5.91 Å². The number of amides is 2. The van der Waals surface area contributed by atoms with E-state index in [1.165, 1.54) is 9.21 Å². The number of sulfonamides is 1. The minimum absolute atomic E-state index is 0.122. The first-order valence-corrected chi connectivity index (χ1v) is 11.5. The smallest absolute Gasteiger partial charge is 0.256 e. The molecule has 10 heteroatoms. The van der Waals surface area contributed by atoms with Gasteiger partial charge in [-0.2, -0.15) is 4.31 Å². The molecule has 1 heterocycles. The molecular weight excluding hydrogens is 404 g/mol. The number of fused-ring (bicyclic) bond motifs is 1. The second-order valence-electron chi connectivity index (χ2n) is 7.54. The van der Waals surface area contributed by atoms with Gasteiger partial charge in [-0.1, -0.05) is 6.42 Å². The maximum Gasteiger partial charge on any atom is 0.256 e. The van der Waals surface area contributed by atoms with Gasteiger partial charge in [0.15, 0.2) is 0 Å². The molecule has 0 spiro atoms. The second kappa shape index (κ2) is 8.74. The predicted molar refractivity (Wildman–Crippen MR) is 103 cm³/mol. The molecule has 2 aliphatic rings. The lowest BCUT2D eigenvalue weighted by molar-refractivity contribution is -0.125. The third-order valence-corrected chi connectivity index (χ3v) is 6.85. The fourth-order valence-corrected chi connectivity index (χ4v) is 5.38. The van der Waals surface area contributed by atoms with Gasteiger partial charge in [0, 0.05) is 32.2 Å². The normalized spacial score (nSPS) is 24.5. The molecule has 1 N–H and O–H groups in total. The Morgan fingerprint density at radius 3 is 2.62 bits per heavy atom. The van der Waals surface area contributed by atoms with Crippen molar-refractivity contribution in [2.24, 2.45) is 5.92 Å². The molecule has 1 aliphatic heterocycles. The first-order valence-electron chi connectivity index (χ1n) is 9.67. The molecule has 1 saturated heterocycles. The van der Waals surface area contributed by atoms with Crippen molar-refractivity contribution in [2.75, 3.05) is 32.4 Å². The average Bonchev–Trinajstić information content (AvgIpc) is 3.12. The summed E-state index contributed by atoms with van der Waals surface area (Å²) in [5, 5.41) is 2.76. The Bertz CT molecular complexity index is 893. The van der Waals surface area contributed by atoms with Crippen molar-refractivity contribution in [3.63, 3.8) is 0 Å². The number of hydrogen-bond acceptors (Lipinski definition) is 4. The molecule has 7 nitrogen and oxygen atoms in total. The molecule has 0 radical (unpaired) electrons. The fourth-order valence-electron chi connectivity index (χ4n) is 4.18. The minimum atomic E-state index is -3.54. The number of carbonyl (C=O) groups is 2. The summed E-state index contributed by atoms with van der Waals surface area (Å²) in [5.74, 6) is -2.92. The van der Waals surface area contributed by atoms with Crippen molar-refractivity contribution < 1.29 is 26.8 Å². The van der Waals surface area contributed by atoms with Crippen LogP contribution in [0, 0.1) is 17.6 Å². The third-order valence-electron chi connectivity index (χ3n) is 5.55. The summed E-state index contributed by atoms with van der Waals surface area (Å²) < 4.78 is 53.5. The highest BCUT2D eigenvalue weighted by Gasteiger charge is 2.40. The largest absolute Gasteiger partial charge is 0.354 e. The molecule has 160 valence electrons. The molecule has 2 unspecified atom stereocenters. The second-order valence-corrected chi connectivity index (χ2v) is 9.47.